The Morgan fingerprint density at radius 1 is 0.674 bits per heavy atom. The van der Waals surface area contributed by atoms with Crippen LogP contribution in [-0.4, -0.2) is 108 Å². The maximum absolute atomic E-state index is 12.3. The third kappa shape index (κ3) is 17.8. The molecular formula is C27H48Br2N10O4. The van der Waals surface area contributed by atoms with Gasteiger partial charge in [0.05, 0.1) is 54.4 Å². The van der Waals surface area contributed by atoms with Crippen LogP contribution in [-0.2, 0) is 0 Å². The van der Waals surface area contributed by atoms with Crippen LogP contribution in [0.15, 0.2) is 21.7 Å². The number of halogens is 2. The van der Waals surface area contributed by atoms with Crippen molar-refractivity contribution in [3.63, 3.8) is 0 Å². The smallest absolute Gasteiger partial charge is 0.321 e. The number of anilines is 2. The van der Waals surface area contributed by atoms with Crippen molar-refractivity contribution in [3.8, 4) is 0 Å². The molecule has 0 radical (unpaired) electrons. The summed E-state index contributed by atoms with van der Waals surface area (Å²) in [6.45, 7) is 8.23. The van der Waals surface area contributed by atoms with Crippen molar-refractivity contribution in [1.29, 1.82) is 0 Å². The normalized spacial score (nSPS) is 11.1. The first kappa shape index (κ1) is 40.2. The van der Waals surface area contributed by atoms with E-state index in [9.17, 15) is 19.2 Å². The lowest BCUT2D eigenvalue weighted by Crippen LogP contribution is -3.00. The third-order valence-electron chi connectivity index (χ3n) is 6.57. The predicted molar refractivity (Wildman–Crippen MR) is 160 cm³/mol. The Bertz CT molecular complexity index is 1180. The van der Waals surface area contributed by atoms with Gasteiger partial charge in [-0.1, -0.05) is 0 Å². The molecule has 244 valence electrons. The summed E-state index contributed by atoms with van der Waals surface area (Å²) in [5.74, 6) is 0.228. The van der Waals surface area contributed by atoms with E-state index in [1.165, 1.54) is 12.1 Å². The minimum Gasteiger partial charge on any atom is -1.00 e. The van der Waals surface area contributed by atoms with Crippen molar-refractivity contribution in [2.45, 2.75) is 46.0 Å². The van der Waals surface area contributed by atoms with E-state index in [0.717, 1.165) is 67.2 Å². The van der Waals surface area contributed by atoms with Crippen LogP contribution in [0.1, 0.15) is 43.5 Å². The van der Waals surface area contributed by atoms with Gasteiger partial charge in [-0.2, -0.15) is 9.97 Å². The van der Waals surface area contributed by atoms with Gasteiger partial charge in [-0.05, 0) is 33.1 Å². The van der Waals surface area contributed by atoms with Gasteiger partial charge in [0.1, 0.15) is 0 Å². The number of carbonyl (C=O) groups excluding carboxylic acids is 2. The van der Waals surface area contributed by atoms with Crippen LogP contribution in [0.4, 0.5) is 21.5 Å². The molecule has 2 heterocycles. The topological polar surface area (TPSA) is 174 Å². The summed E-state index contributed by atoms with van der Waals surface area (Å²) in [4.78, 5) is 60.8. The van der Waals surface area contributed by atoms with Crippen LogP contribution in [0.2, 0.25) is 0 Å². The minimum atomic E-state index is -0.423. The molecule has 0 atom stereocenters. The number of carbonyl (C=O) groups is 2. The summed E-state index contributed by atoms with van der Waals surface area (Å²) in [6, 6.07) is 1.87. The molecule has 0 spiro atoms. The summed E-state index contributed by atoms with van der Waals surface area (Å²) in [5.41, 5.74) is 0.395. The van der Waals surface area contributed by atoms with Crippen LogP contribution in [0, 0.1) is 13.8 Å². The average molecular weight is 737 g/mol. The van der Waals surface area contributed by atoms with Gasteiger partial charge in [-0.3, -0.25) is 20.2 Å². The average Bonchev–Trinajstić information content (AvgIpc) is 2.82. The molecule has 0 bridgehead atoms. The molecule has 43 heavy (non-hydrogen) atoms. The number of hydrogen-bond donors (Lipinski definition) is 6. The molecular weight excluding hydrogens is 688 g/mol. The highest BCUT2D eigenvalue weighted by Crippen LogP contribution is 2.11. The number of amides is 4. The fourth-order valence-corrected chi connectivity index (χ4v) is 4.50. The molecule has 14 nitrogen and oxygen atoms in total. The van der Waals surface area contributed by atoms with E-state index in [2.05, 4.69) is 69.4 Å². The molecule has 16 heteroatoms. The molecule has 2 aromatic heterocycles. The van der Waals surface area contributed by atoms with Gasteiger partial charge < -0.3 is 63.5 Å². The van der Waals surface area contributed by atoms with E-state index in [-0.39, 0.29) is 45.9 Å². The molecule has 4 amide bonds. The molecule has 0 aliphatic heterocycles. The molecule has 0 fully saturated rings. The molecule has 0 unspecified atom stereocenters. The molecule has 2 aromatic rings. The maximum atomic E-state index is 12.3. The Morgan fingerprint density at radius 2 is 1.07 bits per heavy atom. The van der Waals surface area contributed by atoms with Crippen LogP contribution >= 0.6 is 0 Å². The molecule has 0 aromatic carbocycles. The summed E-state index contributed by atoms with van der Waals surface area (Å²) >= 11 is 0. The molecule has 6 N–H and O–H groups in total. The lowest BCUT2D eigenvalue weighted by atomic mass is 10.1. The number of quaternary nitrogens is 2. The van der Waals surface area contributed by atoms with Crippen LogP contribution in [0.3, 0.4) is 0 Å². The Labute approximate surface area is 274 Å². The number of aromatic nitrogens is 4. The summed E-state index contributed by atoms with van der Waals surface area (Å²) in [6.07, 6.45) is 4.93. The van der Waals surface area contributed by atoms with E-state index < -0.39 is 23.2 Å². The number of nitrogens with one attached hydrogen (secondary N) is 6. The van der Waals surface area contributed by atoms with Gasteiger partial charge in [0.25, 0.3) is 11.1 Å². The number of nitrogens with zero attached hydrogens (tertiary/aromatic N) is 4. The lowest BCUT2D eigenvalue weighted by molar-refractivity contribution is -0.910. The SMILES string of the molecule is Cc1cc(=O)nc(NC(=O)NCCC[N+](C)(CCCCC[N+](C)(C)C)CCCNC(=O)Nc2nc(=O)cc(C)[nH]2)[nH]1.[Br-].[Br-]. The summed E-state index contributed by atoms with van der Waals surface area (Å²) in [7, 11) is 8.81. The van der Waals surface area contributed by atoms with E-state index in [0.29, 0.717) is 24.5 Å². The van der Waals surface area contributed by atoms with Gasteiger partial charge in [0, 0.05) is 49.5 Å². The second-order valence-corrected chi connectivity index (χ2v) is 11.8. The molecule has 0 saturated heterocycles. The minimum absolute atomic E-state index is 0. The number of H-pyrrole nitrogens is 2. The van der Waals surface area contributed by atoms with Crippen LogP contribution in [0.5, 0.6) is 0 Å². The monoisotopic (exact) mass is 734 g/mol. The highest BCUT2D eigenvalue weighted by atomic mass is 79.9. The van der Waals surface area contributed by atoms with Crippen LogP contribution in [0.25, 0.3) is 0 Å². The van der Waals surface area contributed by atoms with Gasteiger partial charge in [-0.15, -0.1) is 0 Å². The van der Waals surface area contributed by atoms with E-state index in [4.69, 9.17) is 0 Å². The molecule has 2 rings (SSSR count). The number of aromatic amines is 2. The summed E-state index contributed by atoms with van der Waals surface area (Å²) in [5, 5.41) is 10.8. The van der Waals surface area contributed by atoms with Crippen molar-refractivity contribution >= 4 is 24.0 Å². The van der Waals surface area contributed by atoms with Crippen molar-refractivity contribution < 1.29 is 52.5 Å². The first-order valence-electron chi connectivity index (χ1n) is 14.1. The number of aryl methyl sites for hydroxylation is 2. The molecule has 0 aliphatic carbocycles. The predicted octanol–water partition coefficient (Wildman–Crippen LogP) is -4.48. The Balaban J connectivity index is 0.00000882. The van der Waals surface area contributed by atoms with Crippen molar-refractivity contribution in [2.75, 3.05) is 78.1 Å². The van der Waals surface area contributed by atoms with E-state index in [1.54, 1.807) is 13.8 Å². The standard InChI is InChI=1S/C27H46N10O4.2BrH/c1-20-18-22(38)32-24(30-20)34-26(40)28-12-10-16-37(6,15-9-7-8-14-36(3,4)5)17-11-13-29-27(41)35-25-31-21(2)19-23(39)33-25;;/h18-19H,7-17H2,1-6H3,(H4-2,28,29,30,31,32,33,34,35,38,39,40,41);2*1H. The van der Waals surface area contributed by atoms with Gasteiger partial charge in [-0.25, -0.2) is 9.59 Å². The molecule has 0 saturated carbocycles. The Kier molecular flexibility index (Phi) is 18.2. The Hall–Kier alpha value is -2.82. The van der Waals surface area contributed by atoms with Crippen molar-refractivity contribution in [1.82, 2.24) is 30.6 Å². The fraction of sp³-hybridized carbons (Fsp3) is 0.630. The quantitative estimate of drug-likeness (QED) is 0.0750. The zero-order valence-corrected chi connectivity index (χ0v) is 29.3. The van der Waals surface area contributed by atoms with Crippen LogP contribution < -0.4 is 66.3 Å². The highest BCUT2D eigenvalue weighted by Gasteiger charge is 2.21. The second kappa shape index (κ2) is 19.5. The number of unbranched alkanes of at least 4 members (excludes halogenated alkanes) is 2. The number of urea groups is 2. The van der Waals surface area contributed by atoms with Crippen molar-refractivity contribution in [2.24, 2.45) is 0 Å². The fourth-order valence-electron chi connectivity index (χ4n) is 4.50. The largest absolute Gasteiger partial charge is 1.00 e. The van der Waals surface area contributed by atoms with Crippen molar-refractivity contribution in [3.05, 3.63) is 44.2 Å². The van der Waals surface area contributed by atoms with Gasteiger partial charge in [0.15, 0.2) is 0 Å². The zero-order valence-electron chi connectivity index (χ0n) is 26.1. The zero-order chi connectivity index (χ0) is 30.5. The first-order valence-corrected chi connectivity index (χ1v) is 14.1. The van der Waals surface area contributed by atoms with E-state index in [1.807, 2.05) is 0 Å². The number of rotatable bonds is 16. The lowest BCUT2D eigenvalue weighted by Gasteiger charge is -2.35. The summed E-state index contributed by atoms with van der Waals surface area (Å²) < 4.78 is 1.77. The first-order chi connectivity index (χ1) is 19.2. The highest BCUT2D eigenvalue weighted by molar-refractivity contribution is 5.87. The second-order valence-electron chi connectivity index (χ2n) is 11.8. The van der Waals surface area contributed by atoms with E-state index >= 15 is 0 Å². The number of hydrogen-bond acceptors (Lipinski definition) is 6. The Morgan fingerprint density at radius 3 is 1.47 bits per heavy atom. The van der Waals surface area contributed by atoms with Gasteiger partial charge in [0.2, 0.25) is 11.9 Å². The maximum Gasteiger partial charge on any atom is 0.321 e. The third-order valence-corrected chi connectivity index (χ3v) is 6.57. The molecule has 0 aliphatic rings. The van der Waals surface area contributed by atoms with Gasteiger partial charge >= 0.3 is 12.1 Å².